The number of phenolic OH excluding ortho intramolecular Hbond substituents is 2. The highest BCUT2D eigenvalue weighted by molar-refractivity contribution is 6.09. The predicted octanol–water partition coefficient (Wildman–Crippen LogP) is 4.14. The fraction of sp³-hybridized carbons (Fsp3) is 0.227. The number of ether oxygens (including phenoxy) is 2. The molecule has 2 aromatic carbocycles. The van der Waals surface area contributed by atoms with Crippen molar-refractivity contribution in [3.63, 3.8) is 0 Å². The molecule has 1 unspecified atom stereocenters. The van der Waals surface area contributed by atoms with Crippen molar-refractivity contribution in [2.24, 2.45) is 0 Å². The van der Waals surface area contributed by atoms with E-state index in [0.717, 1.165) is 11.1 Å². The summed E-state index contributed by atoms with van der Waals surface area (Å²) in [6.45, 7) is 5.73. The zero-order valence-corrected chi connectivity index (χ0v) is 15.7. The number of aromatic hydroxyl groups is 2. The van der Waals surface area contributed by atoms with E-state index in [-0.39, 0.29) is 28.9 Å². The van der Waals surface area contributed by atoms with Gasteiger partial charge in [-0.15, -0.1) is 0 Å². The van der Waals surface area contributed by atoms with Gasteiger partial charge in [-0.1, -0.05) is 30.4 Å². The molecule has 27 heavy (non-hydrogen) atoms. The van der Waals surface area contributed by atoms with Crippen LogP contribution >= 0.6 is 0 Å². The molecule has 0 fully saturated rings. The lowest BCUT2D eigenvalue weighted by Crippen LogP contribution is -2.16. The van der Waals surface area contributed by atoms with Crippen LogP contribution in [0.5, 0.6) is 17.2 Å². The summed E-state index contributed by atoms with van der Waals surface area (Å²) in [7, 11) is 3.07. The normalized spacial score (nSPS) is 12.1. The summed E-state index contributed by atoms with van der Waals surface area (Å²) >= 11 is 0. The number of hydrogen-bond acceptors (Lipinski definition) is 5. The van der Waals surface area contributed by atoms with E-state index in [1.807, 2.05) is 6.92 Å². The fourth-order valence-corrected chi connectivity index (χ4v) is 2.70. The molecule has 0 aliphatic carbocycles. The van der Waals surface area contributed by atoms with Crippen LogP contribution in [-0.4, -0.2) is 36.3 Å². The Hall–Kier alpha value is -3.05. The first kappa shape index (κ1) is 20.3. The fourth-order valence-electron chi connectivity index (χ4n) is 2.70. The van der Waals surface area contributed by atoms with E-state index in [9.17, 15) is 15.0 Å². The lowest BCUT2D eigenvalue weighted by atomic mass is 9.97. The molecule has 0 saturated heterocycles. The van der Waals surface area contributed by atoms with Crippen molar-refractivity contribution in [1.29, 1.82) is 0 Å². The number of phenols is 2. The van der Waals surface area contributed by atoms with Gasteiger partial charge in [-0.25, -0.2) is 0 Å². The lowest BCUT2D eigenvalue weighted by Gasteiger charge is -2.19. The molecule has 1 atom stereocenters. The molecule has 0 aromatic heterocycles. The lowest BCUT2D eigenvalue weighted by molar-refractivity contribution is 0.104. The summed E-state index contributed by atoms with van der Waals surface area (Å²) < 4.78 is 10.7. The van der Waals surface area contributed by atoms with Crippen LogP contribution in [0.2, 0.25) is 0 Å². The van der Waals surface area contributed by atoms with Gasteiger partial charge in [0, 0.05) is 19.1 Å². The van der Waals surface area contributed by atoms with Gasteiger partial charge in [0.25, 0.3) is 0 Å². The van der Waals surface area contributed by atoms with Gasteiger partial charge in [0.05, 0.1) is 18.8 Å². The average Bonchev–Trinajstić information content (AvgIpc) is 2.65. The summed E-state index contributed by atoms with van der Waals surface area (Å²) in [6.07, 6.45) is 3.04. The second-order valence-electron chi connectivity index (χ2n) is 6.21. The molecule has 0 spiro atoms. The van der Waals surface area contributed by atoms with E-state index in [2.05, 4.69) is 6.58 Å². The van der Waals surface area contributed by atoms with E-state index in [4.69, 9.17) is 9.47 Å². The number of methoxy groups -OCH3 is 2. The number of allylic oxidation sites excluding steroid dienone is 1. The number of carbonyl (C=O) groups is 1. The molecule has 0 radical (unpaired) electrons. The van der Waals surface area contributed by atoms with E-state index in [1.54, 1.807) is 31.4 Å². The molecule has 0 bridgehead atoms. The Morgan fingerprint density at radius 1 is 1.15 bits per heavy atom. The molecule has 0 aliphatic heterocycles. The maximum atomic E-state index is 12.6. The van der Waals surface area contributed by atoms with Gasteiger partial charge >= 0.3 is 0 Å². The van der Waals surface area contributed by atoms with Crippen LogP contribution in [0.4, 0.5) is 0 Å². The Balaban J connectivity index is 2.33. The Morgan fingerprint density at radius 3 is 2.37 bits per heavy atom. The smallest absolute Gasteiger partial charge is 0.189 e. The van der Waals surface area contributed by atoms with Crippen LogP contribution < -0.4 is 4.74 Å². The van der Waals surface area contributed by atoms with Crippen molar-refractivity contribution in [2.75, 3.05) is 14.2 Å². The summed E-state index contributed by atoms with van der Waals surface area (Å²) in [5.41, 5.74) is 2.24. The van der Waals surface area contributed by atoms with E-state index >= 15 is 0 Å². The van der Waals surface area contributed by atoms with Crippen LogP contribution in [0, 0.1) is 0 Å². The zero-order valence-electron chi connectivity index (χ0n) is 15.7. The summed E-state index contributed by atoms with van der Waals surface area (Å²) in [6, 6.07) is 9.64. The number of ketones is 1. The summed E-state index contributed by atoms with van der Waals surface area (Å²) in [5.74, 6) is 0.169. The third kappa shape index (κ3) is 4.99. The zero-order chi connectivity index (χ0) is 20.0. The molecule has 2 rings (SSSR count). The van der Waals surface area contributed by atoms with Gasteiger partial charge in [-0.2, -0.15) is 0 Å². The highest BCUT2D eigenvalue weighted by atomic mass is 16.5. The van der Waals surface area contributed by atoms with Crippen molar-refractivity contribution in [2.45, 2.75) is 19.4 Å². The maximum Gasteiger partial charge on any atom is 0.189 e. The Labute approximate surface area is 159 Å². The Kier molecular flexibility index (Phi) is 6.79. The monoisotopic (exact) mass is 368 g/mol. The molecule has 142 valence electrons. The number of carbonyl (C=O) groups excluding carboxylic acids is 1. The van der Waals surface area contributed by atoms with Crippen molar-refractivity contribution in [1.82, 2.24) is 0 Å². The average molecular weight is 368 g/mol. The Morgan fingerprint density at radius 2 is 1.81 bits per heavy atom. The highest BCUT2D eigenvalue weighted by Gasteiger charge is 2.20. The molecule has 5 nitrogen and oxygen atoms in total. The van der Waals surface area contributed by atoms with Gasteiger partial charge in [-0.3, -0.25) is 4.79 Å². The SMILES string of the molecule is C=C(C)C(Cc1c(OC)ccc(C(=O)/C=C/c2ccc(O)cc2)c1O)OC. The minimum Gasteiger partial charge on any atom is -0.508 e. The first-order valence-electron chi connectivity index (χ1n) is 8.45. The van der Waals surface area contributed by atoms with Crippen molar-refractivity contribution in [3.8, 4) is 17.2 Å². The number of hydrogen-bond donors (Lipinski definition) is 2. The largest absolute Gasteiger partial charge is 0.508 e. The molecule has 5 heteroatoms. The molecular weight excluding hydrogens is 344 g/mol. The second-order valence-corrected chi connectivity index (χ2v) is 6.21. The van der Waals surface area contributed by atoms with Crippen molar-refractivity contribution < 1.29 is 24.5 Å². The van der Waals surface area contributed by atoms with Gasteiger partial charge in [0.15, 0.2) is 5.78 Å². The van der Waals surface area contributed by atoms with Crippen molar-refractivity contribution in [3.05, 3.63) is 71.3 Å². The Bertz CT molecular complexity index is 850. The predicted molar refractivity (Wildman–Crippen MR) is 105 cm³/mol. The van der Waals surface area contributed by atoms with Gasteiger partial charge in [0.2, 0.25) is 0 Å². The van der Waals surface area contributed by atoms with Crippen LogP contribution in [0.15, 0.2) is 54.6 Å². The first-order chi connectivity index (χ1) is 12.9. The third-order valence-electron chi connectivity index (χ3n) is 4.27. The quantitative estimate of drug-likeness (QED) is 0.416. The molecule has 2 N–H and O–H groups in total. The van der Waals surface area contributed by atoms with Crippen LogP contribution in [0.1, 0.15) is 28.4 Å². The summed E-state index contributed by atoms with van der Waals surface area (Å²) in [5, 5.41) is 20.0. The molecule has 0 heterocycles. The second kappa shape index (κ2) is 9.05. The van der Waals surface area contributed by atoms with E-state index in [1.165, 1.54) is 31.4 Å². The minimum absolute atomic E-state index is 0.127. The highest BCUT2D eigenvalue weighted by Crippen LogP contribution is 2.34. The minimum atomic E-state index is -0.339. The topological polar surface area (TPSA) is 76.0 Å². The molecule has 2 aromatic rings. The molecular formula is C22H24O5. The third-order valence-corrected chi connectivity index (χ3v) is 4.27. The maximum absolute atomic E-state index is 12.6. The first-order valence-corrected chi connectivity index (χ1v) is 8.45. The van der Waals surface area contributed by atoms with Gasteiger partial charge in [0.1, 0.15) is 17.2 Å². The summed E-state index contributed by atoms with van der Waals surface area (Å²) in [4.78, 5) is 12.6. The van der Waals surface area contributed by atoms with E-state index < -0.39 is 0 Å². The van der Waals surface area contributed by atoms with Crippen LogP contribution in [0.3, 0.4) is 0 Å². The number of benzene rings is 2. The van der Waals surface area contributed by atoms with Gasteiger partial charge in [-0.05, 0) is 42.8 Å². The number of rotatable bonds is 8. The van der Waals surface area contributed by atoms with Gasteiger partial charge < -0.3 is 19.7 Å². The van der Waals surface area contributed by atoms with Crippen LogP contribution in [-0.2, 0) is 11.2 Å². The van der Waals surface area contributed by atoms with E-state index in [0.29, 0.717) is 17.7 Å². The molecule has 0 saturated carbocycles. The van der Waals surface area contributed by atoms with Crippen LogP contribution in [0.25, 0.3) is 6.08 Å². The van der Waals surface area contributed by atoms with Crippen molar-refractivity contribution >= 4 is 11.9 Å². The molecule has 0 aliphatic rings. The molecule has 0 amide bonds. The standard InChI is InChI=1S/C22H24O5/c1-14(2)21(27-4)13-18-20(26-3)12-10-17(22(18)25)19(24)11-7-15-5-8-16(23)9-6-15/h5-12,21,23,25H,1,13H2,2-4H3/b11-7+.